The fourth-order valence-electron chi connectivity index (χ4n) is 6.09. The van der Waals surface area contributed by atoms with Gasteiger partial charge in [-0.2, -0.15) is 0 Å². The van der Waals surface area contributed by atoms with Gasteiger partial charge < -0.3 is 15.1 Å². The zero-order chi connectivity index (χ0) is 29.2. The predicted molar refractivity (Wildman–Crippen MR) is 164 cm³/mol. The van der Waals surface area contributed by atoms with Crippen LogP contribution in [0.2, 0.25) is 0 Å². The van der Waals surface area contributed by atoms with E-state index in [9.17, 15) is 14.7 Å². The molecule has 42 heavy (non-hydrogen) atoms. The molecule has 2 heterocycles. The molecular weight excluding hydrogens is 528 g/mol. The van der Waals surface area contributed by atoms with Crippen LogP contribution in [0, 0.1) is 0 Å². The largest absolute Gasteiger partial charge is 0.465 e. The number of aliphatic hydroxyl groups is 1. The molecule has 8 nitrogen and oxygen atoms in total. The Kier molecular flexibility index (Phi) is 7.71. The van der Waals surface area contributed by atoms with E-state index in [1.54, 1.807) is 24.1 Å². The molecule has 1 fully saturated rings. The van der Waals surface area contributed by atoms with Crippen LogP contribution in [0.5, 0.6) is 0 Å². The van der Waals surface area contributed by atoms with Crippen molar-refractivity contribution in [2.45, 2.75) is 50.7 Å². The molecule has 0 radical (unpaired) electrons. The fraction of sp³-hybridized carbons (Fsp3) is 0.294. The van der Waals surface area contributed by atoms with E-state index in [4.69, 9.17) is 10.1 Å². The summed E-state index contributed by atoms with van der Waals surface area (Å²) >= 11 is 0. The fourth-order valence-corrected chi connectivity index (χ4v) is 6.09. The zero-order valence-corrected chi connectivity index (χ0v) is 23.6. The van der Waals surface area contributed by atoms with Crippen LogP contribution >= 0.6 is 0 Å². The van der Waals surface area contributed by atoms with Gasteiger partial charge in [0, 0.05) is 30.7 Å². The number of likely N-dealkylation sites (N-methyl/N-ethyl adjacent to an activating group) is 1. The second-order valence-electron chi connectivity index (χ2n) is 11.2. The molecule has 8 heteroatoms. The van der Waals surface area contributed by atoms with Crippen LogP contribution in [-0.4, -0.2) is 55.4 Å². The van der Waals surface area contributed by atoms with Gasteiger partial charge in [0.2, 0.25) is 0 Å². The molecule has 0 saturated heterocycles. The molecule has 214 valence electrons. The molecule has 1 saturated carbocycles. The van der Waals surface area contributed by atoms with Gasteiger partial charge in [0.1, 0.15) is 0 Å². The Morgan fingerprint density at radius 2 is 1.76 bits per heavy atom. The van der Waals surface area contributed by atoms with Crippen molar-refractivity contribution in [1.29, 1.82) is 0 Å². The molecule has 0 aliphatic heterocycles. The van der Waals surface area contributed by atoms with Gasteiger partial charge >= 0.3 is 6.09 Å². The average Bonchev–Trinajstić information content (AvgIpc) is 3.01. The maximum atomic E-state index is 13.8. The van der Waals surface area contributed by atoms with Gasteiger partial charge in [-0.05, 0) is 72.0 Å². The highest BCUT2D eigenvalue weighted by molar-refractivity contribution is 6.06. The number of carboxylic acid groups (broad SMARTS) is 1. The number of pyridine rings is 1. The molecule has 1 aliphatic rings. The van der Waals surface area contributed by atoms with Gasteiger partial charge in [-0.25, -0.2) is 9.78 Å². The smallest absolute Gasteiger partial charge is 0.407 e. The van der Waals surface area contributed by atoms with Crippen molar-refractivity contribution < 1.29 is 15.0 Å². The van der Waals surface area contributed by atoms with Gasteiger partial charge in [0.25, 0.3) is 5.56 Å². The highest BCUT2D eigenvalue weighted by Gasteiger charge is 2.26. The number of nitrogens with zero attached hydrogens (tertiary/aromatic N) is 4. The predicted octanol–water partition coefficient (Wildman–Crippen LogP) is 5.83. The molecule has 0 bridgehead atoms. The number of amides is 1. The molecule has 6 rings (SSSR count). The topological polar surface area (TPSA) is 109 Å². The summed E-state index contributed by atoms with van der Waals surface area (Å²) in [5, 5.41) is 22.3. The number of carbonyl (C=O) groups is 1. The summed E-state index contributed by atoms with van der Waals surface area (Å²) in [6.45, 7) is 0.414. The number of benzene rings is 3. The Labute approximate surface area is 243 Å². The third-order valence-electron chi connectivity index (χ3n) is 8.43. The first kappa shape index (κ1) is 27.6. The van der Waals surface area contributed by atoms with Crippen molar-refractivity contribution in [3.05, 3.63) is 106 Å². The van der Waals surface area contributed by atoms with Crippen LogP contribution in [0.25, 0.3) is 32.9 Å². The van der Waals surface area contributed by atoms with Gasteiger partial charge in [-0.1, -0.05) is 55.3 Å². The first-order valence-electron chi connectivity index (χ1n) is 14.5. The minimum absolute atomic E-state index is 0.112. The lowest BCUT2D eigenvalue weighted by molar-refractivity contribution is 0.0735. The Bertz CT molecular complexity index is 1830. The van der Waals surface area contributed by atoms with E-state index in [1.807, 2.05) is 48.5 Å². The van der Waals surface area contributed by atoms with Crippen molar-refractivity contribution in [3.8, 4) is 11.3 Å². The normalized spacial score (nSPS) is 17.0. The molecule has 5 aromatic rings. The summed E-state index contributed by atoms with van der Waals surface area (Å²) in [5.41, 5.74) is 5.50. The van der Waals surface area contributed by atoms with Gasteiger partial charge in [-0.15, -0.1) is 0 Å². The zero-order valence-electron chi connectivity index (χ0n) is 23.6. The molecule has 2 atom stereocenters. The molecule has 1 aliphatic carbocycles. The molecule has 2 N–H and O–H groups in total. The van der Waals surface area contributed by atoms with Crippen LogP contribution in [0.15, 0.2) is 84.0 Å². The molecule has 2 aromatic heterocycles. The van der Waals surface area contributed by atoms with Crippen LogP contribution in [-0.2, 0) is 12.8 Å². The van der Waals surface area contributed by atoms with E-state index < -0.39 is 12.2 Å². The Morgan fingerprint density at radius 3 is 2.57 bits per heavy atom. The first-order valence-corrected chi connectivity index (χ1v) is 14.5. The number of aliphatic hydroxyl groups excluding tert-OH is 1. The highest BCUT2D eigenvalue weighted by Crippen LogP contribution is 2.31. The summed E-state index contributed by atoms with van der Waals surface area (Å²) in [6, 6.07) is 21.9. The van der Waals surface area contributed by atoms with Gasteiger partial charge in [-0.3, -0.25) is 14.3 Å². The van der Waals surface area contributed by atoms with E-state index in [2.05, 4.69) is 23.2 Å². The van der Waals surface area contributed by atoms with Crippen molar-refractivity contribution in [2.24, 2.45) is 0 Å². The van der Waals surface area contributed by atoms with E-state index in [0.717, 1.165) is 58.0 Å². The van der Waals surface area contributed by atoms with E-state index in [1.165, 1.54) is 4.90 Å². The lowest BCUT2D eigenvalue weighted by Crippen LogP contribution is -2.34. The van der Waals surface area contributed by atoms with Crippen molar-refractivity contribution in [1.82, 2.24) is 19.4 Å². The molecule has 1 amide bonds. The monoisotopic (exact) mass is 562 g/mol. The third kappa shape index (κ3) is 5.50. The number of hydrogen-bond acceptors (Lipinski definition) is 5. The quantitative estimate of drug-likeness (QED) is 0.242. The molecule has 3 aromatic carbocycles. The summed E-state index contributed by atoms with van der Waals surface area (Å²) in [5.74, 6) is 0. The van der Waals surface area contributed by atoms with Crippen molar-refractivity contribution in [2.75, 3.05) is 13.6 Å². The minimum Gasteiger partial charge on any atom is -0.465 e. The highest BCUT2D eigenvalue weighted by atomic mass is 16.4. The minimum atomic E-state index is -0.942. The average molecular weight is 563 g/mol. The Hall–Kier alpha value is -4.56. The lowest BCUT2D eigenvalue weighted by Gasteiger charge is -2.29. The second-order valence-corrected chi connectivity index (χ2v) is 11.2. The Balaban J connectivity index is 1.35. The summed E-state index contributed by atoms with van der Waals surface area (Å²) in [7, 11) is 1.57. The number of rotatable bonds is 7. The first-order chi connectivity index (χ1) is 20.4. The van der Waals surface area contributed by atoms with Crippen molar-refractivity contribution in [3.63, 3.8) is 0 Å². The van der Waals surface area contributed by atoms with Crippen LogP contribution < -0.4 is 5.56 Å². The molecule has 0 unspecified atom stereocenters. The number of hydrogen-bond donors (Lipinski definition) is 2. The Morgan fingerprint density at radius 1 is 0.952 bits per heavy atom. The van der Waals surface area contributed by atoms with Gasteiger partial charge in [0.15, 0.2) is 0 Å². The second kappa shape index (κ2) is 11.7. The standard InChI is InChI=1S/C34H34N4O4/c1-37(34(41)42)16-14-22-7-6-8-24(17-22)29-19-23(13-15-35-29)18-25-20-28-32(27-10-3-2-9-26(25)27)36-21-38(33(28)40)30-11-4-5-12-31(30)39/h2-3,6-10,13,15,17,19-21,30-31,39H,4-5,11-12,14,16,18H2,1H3,(H,41,42)/t30-,31-/m0/s1. The maximum Gasteiger partial charge on any atom is 0.407 e. The third-order valence-corrected chi connectivity index (χ3v) is 8.43. The molecular formula is C34H34N4O4. The van der Waals surface area contributed by atoms with Crippen LogP contribution in [0.3, 0.4) is 0 Å². The summed E-state index contributed by atoms with van der Waals surface area (Å²) in [4.78, 5) is 35.6. The van der Waals surface area contributed by atoms with E-state index in [0.29, 0.717) is 36.7 Å². The maximum absolute atomic E-state index is 13.8. The van der Waals surface area contributed by atoms with E-state index >= 15 is 0 Å². The lowest BCUT2D eigenvalue weighted by atomic mass is 9.92. The summed E-state index contributed by atoms with van der Waals surface area (Å²) < 4.78 is 1.64. The number of fused-ring (bicyclic) bond motifs is 3. The molecule has 0 spiro atoms. The van der Waals surface area contributed by atoms with Gasteiger partial charge in [0.05, 0.1) is 35.1 Å². The van der Waals surface area contributed by atoms with Crippen molar-refractivity contribution >= 4 is 27.8 Å². The number of aromatic nitrogens is 3. The van der Waals surface area contributed by atoms with Crippen LogP contribution in [0.1, 0.15) is 48.4 Å². The van der Waals surface area contributed by atoms with Crippen LogP contribution in [0.4, 0.5) is 4.79 Å². The SMILES string of the molecule is CN(CCc1cccc(-c2cc(Cc3cc4c(=O)n([C@H]5CCCC[C@@H]5O)cnc4c4ccccc34)ccn2)c1)C(=O)O. The van der Waals surface area contributed by atoms with E-state index in [-0.39, 0.29) is 11.6 Å². The summed E-state index contributed by atoms with van der Waals surface area (Å²) in [6.07, 6.45) is 6.58.